The molecule has 0 aliphatic rings. The number of nitrogens with one attached hydrogen (secondary N) is 1. The summed E-state index contributed by atoms with van der Waals surface area (Å²) in [5, 5.41) is 17.8. The zero-order chi connectivity index (χ0) is 14.5. The van der Waals surface area contributed by atoms with Crippen LogP contribution in [0.5, 0.6) is 0 Å². The van der Waals surface area contributed by atoms with Crippen LogP contribution in [0.25, 0.3) is 0 Å². The van der Waals surface area contributed by atoms with Crippen molar-refractivity contribution in [2.24, 2.45) is 7.05 Å². The predicted molar refractivity (Wildman–Crippen MR) is 83.4 cm³/mol. The summed E-state index contributed by atoms with van der Waals surface area (Å²) in [7, 11) is 1.93. The van der Waals surface area contributed by atoms with Gasteiger partial charge >= 0.3 is 0 Å². The van der Waals surface area contributed by atoms with Crippen LogP contribution in [0.15, 0.2) is 34.9 Å². The zero-order valence-corrected chi connectivity index (χ0v) is 13.4. The molecular weight excluding hydrogens is 318 g/mol. The molecule has 0 fully saturated rings. The Morgan fingerprint density at radius 3 is 2.95 bits per heavy atom. The van der Waals surface area contributed by atoms with Gasteiger partial charge in [-0.25, -0.2) is 0 Å². The molecule has 0 aliphatic heterocycles. The van der Waals surface area contributed by atoms with E-state index < -0.39 is 6.10 Å². The Bertz CT molecular complexity index is 568. The summed E-state index contributed by atoms with van der Waals surface area (Å²) in [4.78, 5) is 0. The molecule has 1 aromatic carbocycles. The number of halogens is 1. The van der Waals surface area contributed by atoms with E-state index >= 15 is 0 Å². The molecule has 4 nitrogen and oxygen atoms in total. The minimum atomic E-state index is -0.505. The molecule has 0 radical (unpaired) electrons. The molecule has 0 aliphatic carbocycles. The lowest BCUT2D eigenvalue weighted by Crippen LogP contribution is -2.21. The van der Waals surface area contributed by atoms with Crippen molar-refractivity contribution in [3.8, 4) is 0 Å². The Morgan fingerprint density at radius 1 is 1.45 bits per heavy atom. The Hall–Kier alpha value is -1.17. The summed E-state index contributed by atoms with van der Waals surface area (Å²) in [6.45, 7) is 3.35. The van der Waals surface area contributed by atoms with Crippen LogP contribution in [0.2, 0.25) is 0 Å². The maximum atomic E-state index is 10.2. The third-order valence-electron chi connectivity index (χ3n) is 3.21. The van der Waals surface area contributed by atoms with Crippen molar-refractivity contribution >= 4 is 15.9 Å². The maximum absolute atomic E-state index is 10.2. The third kappa shape index (κ3) is 3.91. The summed E-state index contributed by atoms with van der Waals surface area (Å²) >= 11 is 3.41. The van der Waals surface area contributed by atoms with Gasteiger partial charge in [-0.2, -0.15) is 5.10 Å². The molecule has 1 aromatic heterocycles. The van der Waals surface area contributed by atoms with Crippen molar-refractivity contribution in [2.45, 2.75) is 26.0 Å². The first kappa shape index (κ1) is 15.2. The van der Waals surface area contributed by atoms with E-state index in [0.717, 1.165) is 28.7 Å². The molecular formula is C15H20BrN3O. The lowest BCUT2D eigenvalue weighted by Gasteiger charge is -2.12. The number of aryl methyl sites for hydroxylation is 2. The number of aromatic nitrogens is 2. The van der Waals surface area contributed by atoms with E-state index in [0.29, 0.717) is 6.54 Å². The summed E-state index contributed by atoms with van der Waals surface area (Å²) in [6, 6.07) is 7.75. The molecule has 0 bridgehead atoms. The van der Waals surface area contributed by atoms with Crippen molar-refractivity contribution in [3.63, 3.8) is 0 Å². The fraction of sp³-hybridized carbons (Fsp3) is 0.400. The minimum absolute atomic E-state index is 0.505. The van der Waals surface area contributed by atoms with E-state index in [4.69, 9.17) is 0 Å². The molecule has 2 rings (SSSR count). The molecule has 20 heavy (non-hydrogen) atoms. The maximum Gasteiger partial charge on any atom is 0.0914 e. The van der Waals surface area contributed by atoms with Crippen molar-refractivity contribution in [3.05, 3.63) is 51.8 Å². The number of rotatable bonds is 6. The Labute approximate surface area is 127 Å². The van der Waals surface area contributed by atoms with Gasteiger partial charge in [0.15, 0.2) is 0 Å². The van der Waals surface area contributed by atoms with Crippen LogP contribution in [0.3, 0.4) is 0 Å². The van der Waals surface area contributed by atoms with Gasteiger partial charge in [0.05, 0.1) is 11.8 Å². The second-order valence-corrected chi connectivity index (χ2v) is 5.75. The highest BCUT2D eigenvalue weighted by Gasteiger charge is 2.09. The van der Waals surface area contributed by atoms with Crippen LogP contribution in [0.4, 0.5) is 0 Å². The van der Waals surface area contributed by atoms with Crippen LogP contribution < -0.4 is 5.32 Å². The van der Waals surface area contributed by atoms with E-state index in [9.17, 15) is 5.11 Å². The lowest BCUT2D eigenvalue weighted by molar-refractivity contribution is 0.174. The van der Waals surface area contributed by atoms with Crippen molar-refractivity contribution in [1.82, 2.24) is 15.1 Å². The average molecular weight is 338 g/mol. The largest absolute Gasteiger partial charge is 0.387 e. The van der Waals surface area contributed by atoms with Gasteiger partial charge < -0.3 is 10.4 Å². The van der Waals surface area contributed by atoms with Crippen LogP contribution in [-0.2, 0) is 20.0 Å². The highest BCUT2D eigenvalue weighted by Crippen LogP contribution is 2.17. The summed E-state index contributed by atoms with van der Waals surface area (Å²) < 4.78 is 2.82. The number of aliphatic hydroxyl groups is 1. The van der Waals surface area contributed by atoms with E-state index in [1.54, 1.807) is 0 Å². The number of aliphatic hydroxyl groups excluding tert-OH is 1. The molecule has 2 N–H and O–H groups in total. The molecule has 1 unspecified atom stereocenters. The molecule has 1 atom stereocenters. The van der Waals surface area contributed by atoms with Gasteiger partial charge in [0, 0.05) is 36.4 Å². The molecule has 0 saturated heterocycles. The highest BCUT2D eigenvalue weighted by molar-refractivity contribution is 9.10. The first-order valence-corrected chi connectivity index (χ1v) is 7.55. The van der Waals surface area contributed by atoms with Crippen LogP contribution in [-0.4, -0.2) is 21.4 Å². The molecule has 0 spiro atoms. The van der Waals surface area contributed by atoms with Gasteiger partial charge in [0.2, 0.25) is 0 Å². The summed E-state index contributed by atoms with van der Waals surface area (Å²) in [5.41, 5.74) is 3.21. The van der Waals surface area contributed by atoms with E-state index in [2.05, 4.69) is 33.3 Å². The van der Waals surface area contributed by atoms with Crippen LogP contribution in [0, 0.1) is 0 Å². The van der Waals surface area contributed by atoms with Crippen molar-refractivity contribution in [1.29, 1.82) is 0 Å². The van der Waals surface area contributed by atoms with E-state index in [1.807, 2.05) is 42.2 Å². The molecule has 5 heteroatoms. The fourth-order valence-corrected chi connectivity index (χ4v) is 2.62. The van der Waals surface area contributed by atoms with Gasteiger partial charge in [0.25, 0.3) is 0 Å². The van der Waals surface area contributed by atoms with Gasteiger partial charge in [-0.1, -0.05) is 35.0 Å². The first-order chi connectivity index (χ1) is 9.60. The third-order valence-corrected chi connectivity index (χ3v) is 3.71. The van der Waals surface area contributed by atoms with E-state index in [-0.39, 0.29) is 0 Å². The number of hydrogen-bond acceptors (Lipinski definition) is 3. The molecule has 0 saturated carbocycles. The van der Waals surface area contributed by atoms with Gasteiger partial charge in [-0.3, -0.25) is 4.68 Å². The van der Waals surface area contributed by atoms with Gasteiger partial charge in [-0.05, 0) is 24.1 Å². The average Bonchev–Trinajstić information content (AvgIpc) is 2.79. The van der Waals surface area contributed by atoms with Crippen molar-refractivity contribution < 1.29 is 5.11 Å². The van der Waals surface area contributed by atoms with Gasteiger partial charge in [-0.15, -0.1) is 0 Å². The molecule has 2 aromatic rings. The summed E-state index contributed by atoms with van der Waals surface area (Å²) in [6.07, 6.45) is 2.44. The molecule has 108 valence electrons. The Kier molecular flexibility index (Phi) is 5.34. The monoisotopic (exact) mass is 337 g/mol. The number of benzene rings is 1. The smallest absolute Gasteiger partial charge is 0.0914 e. The second-order valence-electron chi connectivity index (χ2n) is 4.83. The lowest BCUT2D eigenvalue weighted by atomic mass is 10.1. The molecule has 0 amide bonds. The standard InChI is InChI=1S/C15H20BrN3O/c1-3-14-12(10-19(2)18-14)8-17-9-15(20)11-5-4-6-13(16)7-11/h4-7,10,15,17,20H,3,8-9H2,1-2H3. The topological polar surface area (TPSA) is 50.1 Å². The Morgan fingerprint density at radius 2 is 2.25 bits per heavy atom. The quantitative estimate of drug-likeness (QED) is 0.851. The SMILES string of the molecule is CCc1nn(C)cc1CNCC(O)c1cccc(Br)c1. The Balaban J connectivity index is 1.89. The zero-order valence-electron chi connectivity index (χ0n) is 11.8. The normalized spacial score (nSPS) is 12.6. The molecule has 1 heterocycles. The second kappa shape index (κ2) is 7.02. The van der Waals surface area contributed by atoms with E-state index in [1.165, 1.54) is 5.56 Å². The predicted octanol–water partition coefficient (Wildman–Crippen LogP) is 2.57. The fourth-order valence-electron chi connectivity index (χ4n) is 2.20. The first-order valence-electron chi connectivity index (χ1n) is 6.75. The van der Waals surface area contributed by atoms with Crippen molar-refractivity contribution in [2.75, 3.05) is 6.54 Å². The van der Waals surface area contributed by atoms with Crippen LogP contribution in [0.1, 0.15) is 29.8 Å². The minimum Gasteiger partial charge on any atom is -0.387 e. The van der Waals surface area contributed by atoms with Crippen LogP contribution >= 0.6 is 15.9 Å². The van der Waals surface area contributed by atoms with Gasteiger partial charge in [0.1, 0.15) is 0 Å². The summed E-state index contributed by atoms with van der Waals surface area (Å²) in [5.74, 6) is 0. The number of hydrogen-bond donors (Lipinski definition) is 2. The highest BCUT2D eigenvalue weighted by atomic mass is 79.9. The number of nitrogens with zero attached hydrogens (tertiary/aromatic N) is 2.